The third-order valence-electron chi connectivity index (χ3n) is 2.53. The number of carboxylic acids is 1. The minimum atomic E-state index is -0.853. The fourth-order valence-electron chi connectivity index (χ4n) is 1.54. The van der Waals surface area contributed by atoms with Crippen LogP contribution in [0.1, 0.15) is 46.5 Å². The second-order valence-electron chi connectivity index (χ2n) is 5.08. The Morgan fingerprint density at radius 1 is 1.25 bits per heavy atom. The van der Waals surface area contributed by atoms with Gasteiger partial charge in [-0.2, -0.15) is 0 Å². The van der Waals surface area contributed by atoms with Crippen LogP contribution in [0.2, 0.25) is 0 Å². The van der Waals surface area contributed by atoms with Crippen LogP contribution in [-0.2, 0) is 9.59 Å². The molecule has 1 N–H and O–H groups in total. The lowest BCUT2D eigenvalue weighted by molar-refractivity contribution is -0.140. The molecule has 0 rings (SSSR count). The maximum atomic E-state index is 11.8. The summed E-state index contributed by atoms with van der Waals surface area (Å²) in [6.07, 6.45) is 2.36. The summed E-state index contributed by atoms with van der Waals surface area (Å²) in [6, 6.07) is 0. The molecule has 0 aliphatic rings. The van der Waals surface area contributed by atoms with E-state index in [2.05, 4.69) is 6.92 Å². The molecule has 0 unspecified atom stereocenters. The van der Waals surface area contributed by atoms with E-state index in [9.17, 15) is 9.59 Å². The van der Waals surface area contributed by atoms with Gasteiger partial charge in [0.1, 0.15) is 0 Å². The summed E-state index contributed by atoms with van der Waals surface area (Å²) in [7, 11) is 1.77. The van der Waals surface area contributed by atoms with Gasteiger partial charge in [0.05, 0.1) is 6.42 Å². The Hall–Kier alpha value is -1.06. The molecule has 94 valence electrons. The number of hydrogen-bond donors (Lipinski definition) is 1. The molecule has 0 saturated carbocycles. The van der Waals surface area contributed by atoms with Gasteiger partial charge in [0, 0.05) is 20.0 Å². The first kappa shape index (κ1) is 14.9. The SMILES string of the molecule is CCCCN(C)C(=O)CC(C)(C)CC(=O)O. The number of unbranched alkanes of at least 4 members (excludes halogenated alkanes) is 1. The lowest BCUT2D eigenvalue weighted by Gasteiger charge is -2.25. The number of carbonyl (C=O) groups is 2. The minimum Gasteiger partial charge on any atom is -0.481 e. The molecule has 0 fully saturated rings. The van der Waals surface area contributed by atoms with Gasteiger partial charge in [0.25, 0.3) is 0 Å². The molecular formula is C12H23NO3. The predicted molar refractivity (Wildman–Crippen MR) is 63.2 cm³/mol. The van der Waals surface area contributed by atoms with E-state index in [1.54, 1.807) is 11.9 Å². The average molecular weight is 229 g/mol. The molecule has 0 aromatic rings. The van der Waals surface area contributed by atoms with Gasteiger partial charge in [0.15, 0.2) is 0 Å². The molecule has 0 aromatic heterocycles. The zero-order valence-corrected chi connectivity index (χ0v) is 10.7. The van der Waals surface area contributed by atoms with Gasteiger partial charge in [-0.25, -0.2) is 0 Å². The summed E-state index contributed by atoms with van der Waals surface area (Å²) in [5.74, 6) is -0.825. The van der Waals surface area contributed by atoms with Crippen LogP contribution in [0.5, 0.6) is 0 Å². The third-order valence-corrected chi connectivity index (χ3v) is 2.53. The highest BCUT2D eigenvalue weighted by atomic mass is 16.4. The zero-order valence-electron chi connectivity index (χ0n) is 10.7. The van der Waals surface area contributed by atoms with E-state index >= 15 is 0 Å². The first-order valence-electron chi connectivity index (χ1n) is 5.74. The normalized spacial score (nSPS) is 11.2. The number of carbonyl (C=O) groups excluding carboxylic acids is 1. The highest BCUT2D eigenvalue weighted by Crippen LogP contribution is 2.25. The Labute approximate surface area is 97.6 Å². The number of aliphatic carboxylic acids is 1. The predicted octanol–water partition coefficient (Wildman–Crippen LogP) is 2.14. The topological polar surface area (TPSA) is 57.6 Å². The molecule has 0 saturated heterocycles. The molecule has 16 heavy (non-hydrogen) atoms. The quantitative estimate of drug-likeness (QED) is 0.727. The van der Waals surface area contributed by atoms with Crippen LogP contribution in [-0.4, -0.2) is 35.5 Å². The molecule has 0 aromatic carbocycles. The van der Waals surface area contributed by atoms with Gasteiger partial charge in [-0.3, -0.25) is 9.59 Å². The largest absolute Gasteiger partial charge is 0.481 e. The number of nitrogens with zero attached hydrogens (tertiary/aromatic N) is 1. The summed E-state index contributed by atoms with van der Waals surface area (Å²) in [5, 5.41) is 8.72. The maximum absolute atomic E-state index is 11.8. The van der Waals surface area contributed by atoms with Crippen molar-refractivity contribution in [3.63, 3.8) is 0 Å². The Balaban J connectivity index is 4.15. The van der Waals surface area contributed by atoms with Gasteiger partial charge in [-0.1, -0.05) is 27.2 Å². The van der Waals surface area contributed by atoms with Crippen LogP contribution < -0.4 is 0 Å². The van der Waals surface area contributed by atoms with Gasteiger partial charge < -0.3 is 10.0 Å². The molecule has 4 heteroatoms. The summed E-state index contributed by atoms with van der Waals surface area (Å²) < 4.78 is 0. The van der Waals surface area contributed by atoms with Crippen LogP contribution in [0.15, 0.2) is 0 Å². The lowest BCUT2D eigenvalue weighted by atomic mass is 9.85. The highest BCUT2D eigenvalue weighted by molar-refractivity contribution is 5.77. The van der Waals surface area contributed by atoms with E-state index in [0.717, 1.165) is 19.4 Å². The zero-order chi connectivity index (χ0) is 12.8. The molecular weight excluding hydrogens is 206 g/mol. The standard InChI is InChI=1S/C12H23NO3/c1-5-6-7-13(4)10(14)8-12(2,3)9-11(15)16/h5-9H2,1-4H3,(H,15,16). The number of hydrogen-bond acceptors (Lipinski definition) is 2. The Morgan fingerprint density at radius 3 is 2.25 bits per heavy atom. The van der Waals surface area contributed by atoms with Crippen LogP contribution >= 0.6 is 0 Å². The average Bonchev–Trinajstić information content (AvgIpc) is 2.10. The second kappa shape index (κ2) is 6.51. The lowest BCUT2D eigenvalue weighted by Crippen LogP contribution is -2.32. The summed E-state index contributed by atoms with van der Waals surface area (Å²) in [4.78, 5) is 24.1. The van der Waals surface area contributed by atoms with Gasteiger partial charge in [0.2, 0.25) is 5.91 Å². The fraction of sp³-hybridized carbons (Fsp3) is 0.833. The van der Waals surface area contributed by atoms with Crippen LogP contribution in [0.3, 0.4) is 0 Å². The van der Waals surface area contributed by atoms with E-state index < -0.39 is 11.4 Å². The van der Waals surface area contributed by atoms with Crippen molar-refractivity contribution in [3.05, 3.63) is 0 Å². The Kier molecular flexibility index (Phi) is 6.08. The van der Waals surface area contributed by atoms with Crippen molar-refractivity contribution < 1.29 is 14.7 Å². The summed E-state index contributed by atoms with van der Waals surface area (Å²) in [6.45, 7) is 6.45. The van der Waals surface area contributed by atoms with E-state index in [4.69, 9.17) is 5.11 Å². The molecule has 0 aliphatic carbocycles. The molecule has 0 spiro atoms. The molecule has 4 nitrogen and oxygen atoms in total. The molecule has 0 aliphatic heterocycles. The smallest absolute Gasteiger partial charge is 0.303 e. The van der Waals surface area contributed by atoms with Crippen molar-refractivity contribution in [1.29, 1.82) is 0 Å². The second-order valence-corrected chi connectivity index (χ2v) is 5.08. The summed E-state index contributed by atoms with van der Waals surface area (Å²) in [5.41, 5.74) is -0.469. The van der Waals surface area contributed by atoms with Crippen LogP contribution in [0, 0.1) is 5.41 Å². The molecule has 0 bridgehead atoms. The van der Waals surface area contributed by atoms with E-state index in [1.165, 1.54) is 0 Å². The van der Waals surface area contributed by atoms with Crippen molar-refractivity contribution in [2.75, 3.05) is 13.6 Å². The van der Waals surface area contributed by atoms with Crippen molar-refractivity contribution >= 4 is 11.9 Å². The highest BCUT2D eigenvalue weighted by Gasteiger charge is 2.26. The van der Waals surface area contributed by atoms with Gasteiger partial charge in [-0.15, -0.1) is 0 Å². The van der Waals surface area contributed by atoms with Crippen molar-refractivity contribution in [3.8, 4) is 0 Å². The van der Waals surface area contributed by atoms with E-state index in [0.29, 0.717) is 6.42 Å². The fourth-order valence-corrected chi connectivity index (χ4v) is 1.54. The van der Waals surface area contributed by atoms with Crippen molar-refractivity contribution in [2.24, 2.45) is 5.41 Å². The molecule has 1 amide bonds. The van der Waals surface area contributed by atoms with E-state index in [-0.39, 0.29) is 12.3 Å². The van der Waals surface area contributed by atoms with Crippen molar-refractivity contribution in [1.82, 2.24) is 4.90 Å². The molecule has 0 radical (unpaired) electrons. The van der Waals surface area contributed by atoms with Gasteiger partial charge in [-0.05, 0) is 11.8 Å². The number of rotatable bonds is 7. The monoisotopic (exact) mass is 229 g/mol. The molecule has 0 heterocycles. The van der Waals surface area contributed by atoms with E-state index in [1.807, 2.05) is 13.8 Å². The maximum Gasteiger partial charge on any atom is 0.303 e. The number of carboxylic acid groups (broad SMARTS) is 1. The first-order valence-corrected chi connectivity index (χ1v) is 5.74. The molecule has 0 atom stereocenters. The van der Waals surface area contributed by atoms with Crippen molar-refractivity contribution in [2.45, 2.75) is 46.5 Å². The third kappa shape index (κ3) is 6.43. The summed E-state index contributed by atoms with van der Waals surface area (Å²) >= 11 is 0. The first-order chi connectivity index (χ1) is 7.28. The number of amides is 1. The Bertz CT molecular complexity index is 249. The van der Waals surface area contributed by atoms with Crippen LogP contribution in [0.25, 0.3) is 0 Å². The minimum absolute atomic E-state index is 0.0275. The Morgan fingerprint density at radius 2 is 1.81 bits per heavy atom. The van der Waals surface area contributed by atoms with Gasteiger partial charge >= 0.3 is 5.97 Å². The van der Waals surface area contributed by atoms with Crippen LogP contribution in [0.4, 0.5) is 0 Å².